The second-order valence-corrected chi connectivity index (χ2v) is 44.7. The van der Waals surface area contributed by atoms with Gasteiger partial charge in [-0.05, 0) is 32.9 Å². The van der Waals surface area contributed by atoms with Gasteiger partial charge in [-0.3, -0.25) is 0 Å². The van der Waals surface area contributed by atoms with Crippen molar-refractivity contribution in [3.63, 3.8) is 0 Å². The Morgan fingerprint density at radius 1 is 0.922 bits per heavy atom. The summed E-state index contributed by atoms with van der Waals surface area (Å²) in [4.78, 5) is 35.0. The fourth-order valence-corrected chi connectivity index (χ4v) is 11.4. The Bertz CT molecular complexity index is 1610. The van der Waals surface area contributed by atoms with Crippen molar-refractivity contribution >= 4 is 55.8 Å². The Morgan fingerprint density at radius 2 is 1.51 bits per heavy atom. The number of hydrogen-bond donors (Lipinski definition) is 0. The third kappa shape index (κ3) is 10.8. The van der Waals surface area contributed by atoms with Crippen LogP contribution in [0.15, 0.2) is 30.6 Å². The zero-order valence-corrected chi connectivity index (χ0v) is 38.4. The molecule has 2 aliphatic heterocycles. The van der Waals surface area contributed by atoms with Crippen molar-refractivity contribution < 1.29 is 19.0 Å². The molecule has 282 valence electrons. The fraction of sp³-hybridized carbons (Fsp3) is 0.684. The molecule has 13 heteroatoms. The van der Waals surface area contributed by atoms with Crippen LogP contribution < -0.4 is 8.61 Å². The number of ether oxygens (including phenoxy) is 3. The molecular weight excluding hydrogens is 779 g/mol. The molecule has 5 heterocycles. The van der Waals surface area contributed by atoms with Gasteiger partial charge in [-0.15, -0.1) is 0 Å². The Morgan fingerprint density at radius 3 is 2.00 bits per heavy atom. The molecular formula is C38H64N6O4Si2Sn. The first kappa shape index (κ1) is 40.2. The van der Waals surface area contributed by atoms with Gasteiger partial charge in [0.15, 0.2) is 0 Å². The zero-order valence-electron chi connectivity index (χ0n) is 33.5. The van der Waals surface area contributed by atoms with Crippen molar-refractivity contribution in [2.75, 3.05) is 31.6 Å². The number of nitrogens with zero attached hydrogens (tertiary/aromatic N) is 6. The standard InChI is InChI=1S/C35H55N6O4Si2.3CH3.Sn/c1-35(2,3)45-34(42)40-28-12-13-29(40)20-27(19-28)31-21-32(41-33(38-31)30(23-37-41)26-11-10-14-36-22-26)39(24-43-15-17-46(4,5)6)25-44-16-18-47(7,8)9;;;;/h10-11,21-23,27-29H,12-13,15-20,24-25H2,1-9H3;3*1H3;/t27?,28-,29+;;;;. The van der Waals surface area contributed by atoms with Gasteiger partial charge in [0.05, 0.1) is 0 Å². The number of hydrogen-bond acceptors (Lipinski definition) is 8. The predicted octanol–water partition coefficient (Wildman–Crippen LogP) is 8.41. The monoisotopic (exact) mass is 844 g/mol. The molecule has 0 spiro atoms. The summed E-state index contributed by atoms with van der Waals surface area (Å²) in [7, 11) is -2.51. The Labute approximate surface area is 312 Å². The molecule has 0 aromatic carbocycles. The van der Waals surface area contributed by atoms with Gasteiger partial charge in [-0.1, -0.05) is 39.3 Å². The van der Waals surface area contributed by atoms with E-state index in [0.29, 0.717) is 13.5 Å². The van der Waals surface area contributed by atoms with E-state index in [4.69, 9.17) is 29.3 Å². The van der Waals surface area contributed by atoms with E-state index in [1.165, 1.54) is 3.71 Å². The van der Waals surface area contributed by atoms with Crippen molar-refractivity contribution in [3.05, 3.63) is 36.3 Å². The van der Waals surface area contributed by atoms with Crippen LogP contribution in [0.4, 0.5) is 10.6 Å². The quantitative estimate of drug-likeness (QED) is 0.0908. The topological polar surface area (TPSA) is 94.3 Å². The Kier molecular flexibility index (Phi) is 12.4. The molecule has 1 amide bonds. The van der Waals surface area contributed by atoms with E-state index >= 15 is 0 Å². The molecule has 0 aliphatic carbocycles. The summed E-state index contributed by atoms with van der Waals surface area (Å²) in [5, 5.41) is 4.95. The summed E-state index contributed by atoms with van der Waals surface area (Å²) in [5.74, 6) is 1.12. The van der Waals surface area contributed by atoms with Crippen LogP contribution in [0.25, 0.3) is 16.8 Å². The van der Waals surface area contributed by atoms with Gasteiger partial charge in [-0.25, -0.2) is 4.79 Å². The van der Waals surface area contributed by atoms with E-state index in [0.717, 1.165) is 79.3 Å². The van der Waals surface area contributed by atoms with Crippen molar-refractivity contribution in [1.82, 2.24) is 24.5 Å². The molecule has 10 nitrogen and oxygen atoms in total. The average Bonchev–Trinajstić information content (AvgIpc) is 3.55. The van der Waals surface area contributed by atoms with Crippen LogP contribution in [-0.4, -0.2) is 109 Å². The van der Waals surface area contributed by atoms with Crippen molar-refractivity contribution in [1.29, 1.82) is 0 Å². The maximum atomic E-state index is 13.3. The van der Waals surface area contributed by atoms with Crippen molar-refractivity contribution in [2.24, 2.45) is 0 Å². The van der Waals surface area contributed by atoms with Gasteiger partial charge in [-0.2, -0.15) is 0 Å². The summed E-state index contributed by atoms with van der Waals surface area (Å²) < 4.78 is 21.8. The molecule has 2 bridgehead atoms. The molecule has 0 saturated carbocycles. The van der Waals surface area contributed by atoms with Crippen LogP contribution >= 0.6 is 0 Å². The van der Waals surface area contributed by atoms with Crippen LogP contribution in [0.1, 0.15) is 58.1 Å². The fourth-order valence-electron chi connectivity index (χ4n) is 6.91. The van der Waals surface area contributed by atoms with Gasteiger partial charge in [0.25, 0.3) is 0 Å². The predicted molar refractivity (Wildman–Crippen MR) is 216 cm³/mol. The number of carbonyl (C=O) groups is 1. The van der Waals surface area contributed by atoms with Crippen LogP contribution in [-0.2, 0) is 14.2 Å². The van der Waals surface area contributed by atoms with E-state index < -0.39 is 40.1 Å². The van der Waals surface area contributed by atoms with E-state index in [-0.39, 0.29) is 24.1 Å². The molecule has 51 heavy (non-hydrogen) atoms. The van der Waals surface area contributed by atoms with Crippen molar-refractivity contribution in [2.45, 2.75) is 136 Å². The summed E-state index contributed by atoms with van der Waals surface area (Å²) >= 11 is -2.33. The minimum atomic E-state index is -2.33. The summed E-state index contributed by atoms with van der Waals surface area (Å²) in [6, 6.07) is 9.07. The van der Waals surface area contributed by atoms with Gasteiger partial charge in [0, 0.05) is 16.1 Å². The van der Waals surface area contributed by atoms with E-state index in [1.807, 2.05) is 42.6 Å². The average molecular weight is 844 g/mol. The SMILES string of the molecule is CC(C)(C)OC(=O)N1[C@@H]2CC[C@H]1CC(c1cc(N(COCC[Si](C)(C)C)COCC[Si](C)(C)C)n3ncc(-c4cc[c]([Sn]([CH3])([CH3])[CH3])nc4)c3n1)C2. The molecule has 0 radical (unpaired) electrons. The number of aromatic nitrogens is 4. The van der Waals surface area contributed by atoms with Crippen molar-refractivity contribution in [3.8, 4) is 11.1 Å². The third-order valence-corrected chi connectivity index (χ3v) is 18.5. The second-order valence-electron chi connectivity index (χ2n) is 19.2. The molecule has 3 aromatic heterocycles. The summed E-state index contributed by atoms with van der Waals surface area (Å²) in [6.07, 6.45) is 7.44. The maximum absolute atomic E-state index is 13.3. The Balaban J connectivity index is 1.53. The first-order valence-electron chi connectivity index (χ1n) is 19.0. The van der Waals surface area contributed by atoms with Crippen LogP contribution in [0.5, 0.6) is 0 Å². The number of fused-ring (bicyclic) bond motifs is 3. The first-order chi connectivity index (χ1) is 23.7. The normalized spacial score (nSPS) is 19.9. The van der Waals surface area contributed by atoms with Gasteiger partial charge in [0.2, 0.25) is 0 Å². The number of anilines is 1. The van der Waals surface area contributed by atoms with E-state index in [9.17, 15) is 4.79 Å². The molecule has 2 fully saturated rings. The molecule has 0 N–H and O–H groups in total. The minimum absolute atomic E-state index is 0.140. The molecule has 2 aliphatic rings. The van der Waals surface area contributed by atoms with E-state index in [1.54, 1.807) is 0 Å². The van der Waals surface area contributed by atoms with Gasteiger partial charge >= 0.3 is 211 Å². The number of piperidine rings is 1. The molecule has 5 rings (SSSR count). The van der Waals surface area contributed by atoms with Crippen LogP contribution in [0, 0.1) is 0 Å². The first-order valence-corrected chi connectivity index (χ1v) is 36.4. The Hall–Kier alpha value is -2.01. The van der Waals surface area contributed by atoms with Gasteiger partial charge < -0.3 is 4.74 Å². The number of carbonyl (C=O) groups excluding carboxylic acids is 1. The molecule has 1 unspecified atom stereocenters. The summed E-state index contributed by atoms with van der Waals surface area (Å²) in [6.45, 7) is 22.3. The van der Waals surface area contributed by atoms with E-state index in [2.05, 4.69) is 77.2 Å². The van der Waals surface area contributed by atoms with Crippen LogP contribution in [0.3, 0.4) is 0 Å². The molecule has 2 saturated heterocycles. The van der Waals surface area contributed by atoms with Gasteiger partial charge in [0.1, 0.15) is 5.60 Å². The molecule has 3 atom stereocenters. The van der Waals surface area contributed by atoms with Crippen LogP contribution in [0.2, 0.25) is 66.2 Å². The number of amides is 1. The number of pyridine rings is 1. The number of rotatable bonds is 14. The second kappa shape index (κ2) is 15.8. The summed E-state index contributed by atoms with van der Waals surface area (Å²) in [5.41, 5.74) is 3.31. The third-order valence-electron chi connectivity index (χ3n) is 9.88. The zero-order chi connectivity index (χ0) is 37.4. The molecule has 3 aromatic rings.